The summed E-state index contributed by atoms with van der Waals surface area (Å²) in [4.78, 5) is 24.5. The van der Waals surface area contributed by atoms with Crippen LogP contribution in [0.5, 0.6) is 0 Å². The van der Waals surface area contributed by atoms with Crippen LogP contribution in [0, 0.1) is 29.6 Å². The van der Waals surface area contributed by atoms with Crippen LogP contribution in [0.25, 0.3) is 0 Å². The van der Waals surface area contributed by atoms with E-state index in [-0.39, 0.29) is 60.5 Å². The number of piperidine rings is 1. The van der Waals surface area contributed by atoms with Gasteiger partial charge >= 0.3 is 5.97 Å². The Labute approximate surface area is 348 Å². The van der Waals surface area contributed by atoms with Crippen molar-refractivity contribution in [3.05, 3.63) is 48.3 Å². The highest BCUT2D eigenvalue weighted by Gasteiger charge is 2.63. The number of aliphatic hydroxyl groups excluding tert-OH is 1. The van der Waals surface area contributed by atoms with Gasteiger partial charge in [0.25, 0.3) is 0 Å². The first kappa shape index (κ1) is 41.9. The summed E-state index contributed by atoms with van der Waals surface area (Å²) < 4.78 is 53.7. The standard InChI is InChI=1S/C46H65NO12/c1-25-17-37-42-38(23-45(58-42)28(4)16-26(2)24-47-45)56-44(21-25,55-37)22-27(3)41-30(6)32(48)19-35(53-41)40(51)36-20-34-33(52-36)18-29(5)46(57-34)15-14-43(59-46)13-9-11-31(54-43)10-7-8-12-39(49)50/h7,9-11,19,25-26,28-31,33-34,36-38,40-42,47,51H,3,8,12-18,20-24H2,1-2,4-6H3,(H,49,50)/b10-7+/t25-,26+,28-,29+,30-,31+,33+,34+,36-,37+,38+,40+,41+,42+,43-,44-,45-,46+/m0/s1. The minimum Gasteiger partial charge on any atom is -0.487 e. The predicted octanol–water partition coefficient (Wildman–Crippen LogP) is 5.99. The fourth-order valence-electron chi connectivity index (χ4n) is 11.9. The minimum atomic E-state index is -1.18. The Morgan fingerprint density at radius 2 is 1.76 bits per heavy atom. The Kier molecular flexibility index (Phi) is 11.2. The zero-order chi connectivity index (χ0) is 41.5. The van der Waals surface area contributed by atoms with Crippen LogP contribution in [-0.4, -0.2) is 107 Å². The summed E-state index contributed by atoms with van der Waals surface area (Å²) in [7, 11) is 0. The average Bonchev–Trinajstić information content (AvgIpc) is 3.86. The third-order valence-electron chi connectivity index (χ3n) is 15.0. The molecule has 0 saturated carbocycles. The topological polar surface area (TPSA) is 160 Å². The molecule has 3 N–H and O–H groups in total. The van der Waals surface area contributed by atoms with Gasteiger partial charge in [0.1, 0.15) is 29.8 Å². The maximum absolute atomic E-state index is 13.6. The molecule has 7 saturated heterocycles. The number of carbonyl (C=O) groups is 2. The minimum absolute atomic E-state index is 0.00769. The van der Waals surface area contributed by atoms with Crippen LogP contribution < -0.4 is 5.32 Å². The number of aliphatic carboxylic acids is 1. The number of aliphatic hydroxyl groups is 1. The van der Waals surface area contributed by atoms with Gasteiger partial charge < -0.3 is 48.1 Å². The van der Waals surface area contributed by atoms with E-state index in [0.29, 0.717) is 74.7 Å². The number of ketones is 1. The molecule has 9 aliphatic heterocycles. The van der Waals surface area contributed by atoms with E-state index < -0.39 is 53.3 Å². The molecule has 9 heterocycles. The number of rotatable bonds is 9. The molecule has 13 heteroatoms. The first-order valence-corrected chi connectivity index (χ1v) is 22.4. The van der Waals surface area contributed by atoms with Crippen LogP contribution in [0.1, 0.15) is 112 Å². The largest absolute Gasteiger partial charge is 0.487 e. The van der Waals surface area contributed by atoms with Crippen molar-refractivity contribution in [3.8, 4) is 0 Å². The molecule has 3 spiro atoms. The Balaban J connectivity index is 0.834. The molecule has 0 aromatic carbocycles. The predicted molar refractivity (Wildman–Crippen MR) is 213 cm³/mol. The third kappa shape index (κ3) is 7.84. The fourth-order valence-corrected chi connectivity index (χ4v) is 11.9. The lowest BCUT2D eigenvalue weighted by Crippen LogP contribution is -2.59. The van der Waals surface area contributed by atoms with E-state index in [2.05, 4.69) is 45.7 Å². The quantitative estimate of drug-likeness (QED) is 0.233. The van der Waals surface area contributed by atoms with Crippen molar-refractivity contribution in [1.29, 1.82) is 0 Å². The number of nitrogens with one attached hydrogen (secondary N) is 1. The zero-order valence-electron chi connectivity index (χ0n) is 35.3. The second-order valence-corrected chi connectivity index (χ2v) is 19.8. The number of carboxylic acids is 1. The summed E-state index contributed by atoms with van der Waals surface area (Å²) in [5, 5.41) is 24.6. The van der Waals surface area contributed by atoms with Crippen molar-refractivity contribution < 1.29 is 57.7 Å². The SMILES string of the molecule is C=C(C[C@@]12C[C@@H](C)C[C@@H](O1)[C@H]1O[C@]3(C[C@H]1O2)NC[C@H](C)C[C@@H]3C)[C@H]1OC([C@@H](O)[C@@H]2C[C@H]3O[C@@]4(CC[C@]5(CC=C[C@@H](/C=C/CCC(=O)O)O5)O4)[C@H](C)C[C@H]3O2)=CC(=O)[C@@H]1C. The molecule has 9 aliphatic rings. The average molecular weight is 824 g/mol. The van der Waals surface area contributed by atoms with Crippen molar-refractivity contribution in [3.63, 3.8) is 0 Å². The summed E-state index contributed by atoms with van der Waals surface area (Å²) in [5.74, 6) is -2.61. The van der Waals surface area contributed by atoms with Gasteiger partial charge in [-0.25, -0.2) is 0 Å². The highest BCUT2D eigenvalue weighted by molar-refractivity contribution is 5.93. The number of fused-ring (bicyclic) bond motifs is 5. The first-order valence-electron chi connectivity index (χ1n) is 22.4. The Morgan fingerprint density at radius 3 is 2.56 bits per heavy atom. The number of allylic oxidation sites excluding steroid dienone is 2. The molecule has 0 aromatic rings. The number of carbonyl (C=O) groups excluding carboxylic acids is 1. The van der Waals surface area contributed by atoms with Crippen LogP contribution in [0.4, 0.5) is 0 Å². The molecule has 0 aromatic heterocycles. The monoisotopic (exact) mass is 823 g/mol. The second kappa shape index (κ2) is 15.7. The lowest BCUT2D eigenvalue weighted by molar-refractivity contribution is -0.365. The van der Waals surface area contributed by atoms with E-state index in [1.165, 1.54) is 6.08 Å². The summed E-state index contributed by atoms with van der Waals surface area (Å²) in [5.41, 5.74) is 0.282. The Hall–Kier alpha value is -2.46. The van der Waals surface area contributed by atoms with Crippen molar-refractivity contribution in [1.82, 2.24) is 5.32 Å². The summed E-state index contributed by atoms with van der Waals surface area (Å²) >= 11 is 0. The normalized spacial score (nSPS) is 49.6. The first-order chi connectivity index (χ1) is 28.1. The highest BCUT2D eigenvalue weighted by atomic mass is 16.8. The number of hydrogen-bond donors (Lipinski definition) is 3. The van der Waals surface area contributed by atoms with Crippen LogP contribution in [0.15, 0.2) is 48.3 Å². The van der Waals surface area contributed by atoms with E-state index >= 15 is 0 Å². The molecule has 13 nitrogen and oxygen atoms in total. The van der Waals surface area contributed by atoms with E-state index in [9.17, 15) is 14.7 Å². The van der Waals surface area contributed by atoms with Crippen molar-refractivity contribution >= 4 is 11.8 Å². The molecule has 59 heavy (non-hydrogen) atoms. The number of hydrogen-bond acceptors (Lipinski definition) is 12. The summed E-state index contributed by atoms with van der Waals surface area (Å²) in [6.45, 7) is 16.1. The third-order valence-corrected chi connectivity index (χ3v) is 15.0. The maximum atomic E-state index is 13.6. The van der Waals surface area contributed by atoms with E-state index in [1.807, 2.05) is 25.2 Å². The highest BCUT2D eigenvalue weighted by Crippen LogP contribution is 2.55. The van der Waals surface area contributed by atoms with Gasteiger partial charge in [0.15, 0.2) is 23.1 Å². The Morgan fingerprint density at radius 1 is 0.949 bits per heavy atom. The van der Waals surface area contributed by atoms with Gasteiger partial charge in [-0.05, 0) is 49.0 Å². The molecular formula is C46H65NO12. The van der Waals surface area contributed by atoms with Gasteiger partial charge in [0, 0.05) is 69.9 Å². The van der Waals surface area contributed by atoms with Crippen molar-refractivity contribution in [2.45, 2.75) is 190 Å². The molecule has 0 radical (unpaired) electrons. The van der Waals surface area contributed by atoms with E-state index in [0.717, 1.165) is 25.8 Å². The molecule has 2 bridgehead atoms. The molecule has 9 rings (SSSR count). The zero-order valence-corrected chi connectivity index (χ0v) is 35.3. The molecule has 7 fully saturated rings. The molecular weight excluding hydrogens is 759 g/mol. The molecule has 326 valence electrons. The van der Waals surface area contributed by atoms with Crippen LogP contribution in [-0.2, 0) is 47.5 Å². The van der Waals surface area contributed by atoms with Gasteiger partial charge in [0.05, 0.1) is 42.5 Å². The lowest BCUT2D eigenvalue weighted by atomic mass is 9.79. The van der Waals surface area contributed by atoms with Crippen molar-refractivity contribution in [2.75, 3.05) is 6.54 Å². The second-order valence-electron chi connectivity index (χ2n) is 19.8. The maximum Gasteiger partial charge on any atom is 0.303 e. The number of ether oxygens (including phenoxy) is 8. The fraction of sp³-hybridized carbons (Fsp3) is 0.783. The number of carboxylic acid groups (broad SMARTS) is 1. The van der Waals surface area contributed by atoms with Crippen LogP contribution in [0.2, 0.25) is 0 Å². The van der Waals surface area contributed by atoms with E-state index in [1.54, 1.807) is 0 Å². The van der Waals surface area contributed by atoms with Crippen molar-refractivity contribution in [2.24, 2.45) is 29.6 Å². The van der Waals surface area contributed by atoms with Gasteiger partial charge in [0.2, 0.25) is 0 Å². The lowest BCUT2D eigenvalue weighted by Gasteiger charge is -2.52. The summed E-state index contributed by atoms with van der Waals surface area (Å²) in [6, 6.07) is 0. The van der Waals surface area contributed by atoms with Gasteiger partial charge in [-0.1, -0.05) is 65.5 Å². The van der Waals surface area contributed by atoms with E-state index in [4.69, 9.17) is 43.0 Å². The smallest absolute Gasteiger partial charge is 0.303 e. The van der Waals surface area contributed by atoms with Gasteiger partial charge in [-0.2, -0.15) is 0 Å². The van der Waals surface area contributed by atoms with Crippen LogP contribution >= 0.6 is 0 Å². The van der Waals surface area contributed by atoms with Gasteiger partial charge in [-0.3, -0.25) is 14.9 Å². The summed E-state index contributed by atoms with van der Waals surface area (Å²) in [6.07, 6.45) is 12.7. The molecule has 18 atom stereocenters. The molecule has 0 amide bonds. The Bertz CT molecular complexity index is 1750. The van der Waals surface area contributed by atoms with Gasteiger partial charge in [-0.15, -0.1) is 0 Å². The molecule has 0 aliphatic carbocycles. The van der Waals surface area contributed by atoms with Crippen LogP contribution in [0.3, 0.4) is 0 Å². The molecule has 0 unspecified atom stereocenters.